The van der Waals surface area contributed by atoms with Crippen molar-refractivity contribution in [1.29, 1.82) is 5.41 Å². The second kappa shape index (κ2) is 3.82. The Labute approximate surface area is 100 Å². The highest BCUT2D eigenvalue weighted by Gasteiger charge is 2.25. The van der Waals surface area contributed by atoms with E-state index in [1.807, 2.05) is 30.3 Å². The summed E-state index contributed by atoms with van der Waals surface area (Å²) in [6.45, 7) is 0. The molecule has 0 amide bonds. The van der Waals surface area contributed by atoms with Crippen LogP contribution in [0.25, 0.3) is 11.1 Å². The molecule has 0 radical (unpaired) electrons. The van der Waals surface area contributed by atoms with Crippen molar-refractivity contribution >= 4 is 5.71 Å². The van der Waals surface area contributed by atoms with Gasteiger partial charge in [0.15, 0.2) is 0 Å². The van der Waals surface area contributed by atoms with E-state index in [4.69, 9.17) is 5.41 Å². The molecule has 1 aliphatic carbocycles. The molecule has 0 fully saturated rings. The summed E-state index contributed by atoms with van der Waals surface area (Å²) in [5.41, 5.74) is 4.67. The van der Waals surface area contributed by atoms with Gasteiger partial charge >= 0.3 is 0 Å². The van der Waals surface area contributed by atoms with Crippen LogP contribution in [0.5, 0.6) is 0 Å². The summed E-state index contributed by atoms with van der Waals surface area (Å²) >= 11 is 0. The van der Waals surface area contributed by atoms with E-state index in [-0.39, 0.29) is 0 Å². The van der Waals surface area contributed by atoms with Crippen molar-refractivity contribution < 1.29 is 5.11 Å². The largest absolute Gasteiger partial charge is 0.382 e. The fraction of sp³-hybridized carbons (Fsp3) is 0.133. The van der Waals surface area contributed by atoms with Crippen LogP contribution in [0.15, 0.2) is 48.5 Å². The van der Waals surface area contributed by atoms with Crippen molar-refractivity contribution in [2.45, 2.75) is 12.5 Å². The molecule has 3 rings (SSSR count). The number of benzene rings is 2. The molecule has 0 spiro atoms. The molecule has 2 aromatic carbocycles. The van der Waals surface area contributed by atoms with Gasteiger partial charge in [-0.2, -0.15) is 0 Å². The number of fused-ring (bicyclic) bond motifs is 1. The molecule has 2 aromatic rings. The molecule has 1 unspecified atom stereocenters. The first-order chi connectivity index (χ1) is 8.25. The lowest BCUT2D eigenvalue weighted by Gasteiger charge is -2.06. The smallest absolute Gasteiger partial charge is 0.117 e. The Morgan fingerprint density at radius 2 is 1.76 bits per heavy atom. The minimum atomic E-state index is -0.699. The summed E-state index contributed by atoms with van der Waals surface area (Å²) < 4.78 is 0. The monoisotopic (exact) mass is 223 g/mol. The third-order valence-electron chi connectivity index (χ3n) is 3.26. The molecular weight excluding hydrogens is 210 g/mol. The van der Waals surface area contributed by atoms with Crippen LogP contribution >= 0.6 is 0 Å². The first-order valence-corrected chi connectivity index (χ1v) is 5.69. The Hall–Kier alpha value is -1.93. The molecule has 17 heavy (non-hydrogen) atoms. The van der Waals surface area contributed by atoms with E-state index in [0.29, 0.717) is 12.1 Å². The predicted octanol–water partition coefficient (Wildman–Crippen LogP) is 2.96. The van der Waals surface area contributed by atoms with Crippen molar-refractivity contribution in [3.05, 3.63) is 59.7 Å². The van der Waals surface area contributed by atoms with E-state index < -0.39 is 6.10 Å². The number of hydrogen-bond acceptors (Lipinski definition) is 2. The lowest BCUT2D eigenvalue weighted by atomic mass is 10.0. The van der Waals surface area contributed by atoms with Gasteiger partial charge in [0.25, 0.3) is 0 Å². The van der Waals surface area contributed by atoms with Crippen molar-refractivity contribution in [3.8, 4) is 11.1 Å². The second-order valence-corrected chi connectivity index (χ2v) is 4.38. The molecule has 1 atom stereocenters. The fourth-order valence-corrected chi connectivity index (χ4v) is 2.33. The summed E-state index contributed by atoms with van der Waals surface area (Å²) in [5.74, 6) is 0. The quantitative estimate of drug-likeness (QED) is 0.767. The Balaban J connectivity index is 2.07. The van der Waals surface area contributed by atoms with Crippen LogP contribution in [0, 0.1) is 5.41 Å². The highest BCUT2D eigenvalue weighted by Crippen LogP contribution is 2.32. The third kappa shape index (κ3) is 1.67. The van der Waals surface area contributed by atoms with E-state index in [2.05, 4.69) is 18.2 Å². The van der Waals surface area contributed by atoms with Gasteiger partial charge in [-0.25, -0.2) is 0 Å². The molecular formula is C15H13NO. The third-order valence-corrected chi connectivity index (χ3v) is 3.26. The van der Waals surface area contributed by atoms with Crippen molar-refractivity contribution in [2.75, 3.05) is 0 Å². The Bertz CT molecular complexity index is 575. The van der Waals surface area contributed by atoms with E-state index in [0.717, 1.165) is 16.7 Å². The average Bonchev–Trinajstić information content (AvgIpc) is 2.66. The maximum atomic E-state index is 9.79. The number of aliphatic hydroxyl groups excluding tert-OH is 1. The van der Waals surface area contributed by atoms with Crippen LogP contribution < -0.4 is 0 Å². The molecule has 2 heteroatoms. The number of hydrogen-bond donors (Lipinski definition) is 2. The van der Waals surface area contributed by atoms with Crippen LogP contribution in [-0.4, -0.2) is 10.8 Å². The SMILES string of the molecule is N=C1Cc2cc(-c3ccccc3)ccc2C1O. The zero-order valence-electron chi connectivity index (χ0n) is 9.35. The molecule has 0 bridgehead atoms. The molecule has 0 aromatic heterocycles. The van der Waals surface area contributed by atoms with Crippen LogP contribution in [0.1, 0.15) is 17.2 Å². The van der Waals surface area contributed by atoms with E-state index in [9.17, 15) is 5.11 Å². The highest BCUT2D eigenvalue weighted by molar-refractivity contribution is 5.93. The molecule has 2 N–H and O–H groups in total. The molecule has 0 saturated carbocycles. The topological polar surface area (TPSA) is 44.1 Å². The summed E-state index contributed by atoms with van der Waals surface area (Å²) in [6.07, 6.45) is -0.133. The van der Waals surface area contributed by atoms with Gasteiger partial charge in [0, 0.05) is 12.1 Å². The molecule has 0 heterocycles. The first-order valence-electron chi connectivity index (χ1n) is 5.69. The van der Waals surface area contributed by atoms with Gasteiger partial charge in [-0.1, -0.05) is 48.5 Å². The van der Waals surface area contributed by atoms with Gasteiger partial charge in [-0.15, -0.1) is 0 Å². The maximum absolute atomic E-state index is 9.79. The van der Waals surface area contributed by atoms with Gasteiger partial charge in [0.2, 0.25) is 0 Å². The summed E-state index contributed by atoms with van der Waals surface area (Å²) in [5, 5.41) is 17.5. The van der Waals surface area contributed by atoms with Crippen LogP contribution in [-0.2, 0) is 6.42 Å². The van der Waals surface area contributed by atoms with Crippen LogP contribution in [0.2, 0.25) is 0 Å². The highest BCUT2D eigenvalue weighted by atomic mass is 16.3. The summed E-state index contributed by atoms with van der Waals surface area (Å²) in [6, 6.07) is 16.2. The number of rotatable bonds is 1. The Kier molecular flexibility index (Phi) is 2.30. The summed E-state index contributed by atoms with van der Waals surface area (Å²) in [4.78, 5) is 0. The molecule has 0 saturated heterocycles. The second-order valence-electron chi connectivity index (χ2n) is 4.38. The van der Waals surface area contributed by atoms with Crippen molar-refractivity contribution in [3.63, 3.8) is 0 Å². The fourth-order valence-electron chi connectivity index (χ4n) is 2.33. The van der Waals surface area contributed by atoms with Gasteiger partial charge in [0.05, 0.1) is 0 Å². The molecule has 1 aliphatic rings. The molecule has 0 aliphatic heterocycles. The minimum absolute atomic E-state index is 0.394. The Morgan fingerprint density at radius 3 is 2.53 bits per heavy atom. The number of aliphatic hydroxyl groups is 1. The molecule has 84 valence electrons. The predicted molar refractivity (Wildman–Crippen MR) is 68.3 cm³/mol. The average molecular weight is 223 g/mol. The normalized spacial score (nSPS) is 18.2. The van der Waals surface area contributed by atoms with Crippen LogP contribution in [0.3, 0.4) is 0 Å². The van der Waals surface area contributed by atoms with Gasteiger partial charge in [-0.05, 0) is 22.3 Å². The van der Waals surface area contributed by atoms with Crippen molar-refractivity contribution in [1.82, 2.24) is 0 Å². The van der Waals surface area contributed by atoms with Gasteiger partial charge < -0.3 is 10.5 Å². The zero-order valence-corrected chi connectivity index (χ0v) is 9.35. The Morgan fingerprint density at radius 1 is 1.00 bits per heavy atom. The lowest BCUT2D eigenvalue weighted by molar-refractivity contribution is 0.250. The number of nitrogens with one attached hydrogen (secondary N) is 1. The van der Waals surface area contributed by atoms with E-state index in [1.165, 1.54) is 5.56 Å². The summed E-state index contributed by atoms with van der Waals surface area (Å²) in [7, 11) is 0. The van der Waals surface area contributed by atoms with Crippen LogP contribution in [0.4, 0.5) is 0 Å². The minimum Gasteiger partial charge on any atom is -0.382 e. The van der Waals surface area contributed by atoms with E-state index in [1.54, 1.807) is 0 Å². The van der Waals surface area contributed by atoms with Gasteiger partial charge in [-0.3, -0.25) is 0 Å². The van der Waals surface area contributed by atoms with Crippen molar-refractivity contribution in [2.24, 2.45) is 0 Å². The first kappa shape index (κ1) is 10.2. The zero-order chi connectivity index (χ0) is 11.8. The maximum Gasteiger partial charge on any atom is 0.117 e. The van der Waals surface area contributed by atoms with E-state index >= 15 is 0 Å². The standard InChI is InChI=1S/C15H13NO/c16-14-9-12-8-11(6-7-13(12)15(14)17)10-4-2-1-3-5-10/h1-8,15-17H,9H2. The lowest BCUT2D eigenvalue weighted by Crippen LogP contribution is -2.02. The molecule has 2 nitrogen and oxygen atoms in total. The van der Waals surface area contributed by atoms with Gasteiger partial charge in [0.1, 0.15) is 6.10 Å².